The summed E-state index contributed by atoms with van der Waals surface area (Å²) >= 11 is 1.40. The fraction of sp³-hybridized carbons (Fsp3) is 0.308. The molecule has 0 atom stereocenters. The third kappa shape index (κ3) is 7.08. The Hall–Kier alpha value is -3.33. The molecule has 2 aromatic carbocycles. The van der Waals surface area contributed by atoms with Gasteiger partial charge in [0.2, 0.25) is 0 Å². The maximum Gasteiger partial charge on any atom is 0.416 e. The van der Waals surface area contributed by atoms with Crippen LogP contribution in [0.4, 0.5) is 13.2 Å². The molecule has 5 nitrogen and oxygen atoms in total. The summed E-state index contributed by atoms with van der Waals surface area (Å²) < 4.78 is 55.8. The van der Waals surface area contributed by atoms with Crippen LogP contribution in [0.3, 0.4) is 0 Å². The van der Waals surface area contributed by atoms with Crippen molar-refractivity contribution in [3.63, 3.8) is 0 Å². The van der Waals surface area contributed by atoms with Crippen molar-refractivity contribution in [2.24, 2.45) is 0 Å². The summed E-state index contributed by atoms with van der Waals surface area (Å²) in [7, 11) is 1.33. The minimum absolute atomic E-state index is 0.148. The number of halogens is 3. The molecule has 35 heavy (non-hydrogen) atoms. The SMILES string of the molecule is COC(=O)Cc1ccc(-c2ccccc2OCc2ccc(C(F)(F)F)cc2C(=O)OC(C)(C)C)s1. The van der Waals surface area contributed by atoms with Crippen LogP contribution in [-0.4, -0.2) is 24.6 Å². The number of hydrogen-bond acceptors (Lipinski definition) is 6. The van der Waals surface area contributed by atoms with Gasteiger partial charge in [0, 0.05) is 20.9 Å². The topological polar surface area (TPSA) is 61.8 Å². The van der Waals surface area contributed by atoms with Gasteiger partial charge in [-0.2, -0.15) is 13.2 Å². The van der Waals surface area contributed by atoms with E-state index >= 15 is 0 Å². The van der Waals surface area contributed by atoms with E-state index in [0.717, 1.165) is 27.5 Å². The normalized spacial score (nSPS) is 11.7. The highest BCUT2D eigenvalue weighted by molar-refractivity contribution is 7.15. The largest absolute Gasteiger partial charge is 0.488 e. The number of methoxy groups -OCH3 is 1. The zero-order chi connectivity index (χ0) is 25.8. The molecule has 186 valence electrons. The van der Waals surface area contributed by atoms with E-state index in [2.05, 4.69) is 0 Å². The van der Waals surface area contributed by atoms with Gasteiger partial charge >= 0.3 is 18.1 Å². The van der Waals surface area contributed by atoms with Crippen molar-refractivity contribution in [3.8, 4) is 16.2 Å². The summed E-state index contributed by atoms with van der Waals surface area (Å²) in [4.78, 5) is 25.9. The third-order valence-electron chi connectivity index (χ3n) is 4.80. The van der Waals surface area contributed by atoms with E-state index in [-0.39, 0.29) is 30.1 Å². The Labute approximate surface area is 205 Å². The van der Waals surface area contributed by atoms with Gasteiger partial charge in [-0.05, 0) is 57.2 Å². The van der Waals surface area contributed by atoms with Crippen molar-refractivity contribution in [2.45, 2.75) is 45.6 Å². The van der Waals surface area contributed by atoms with Crippen molar-refractivity contribution in [1.82, 2.24) is 0 Å². The number of para-hydroxylation sites is 1. The van der Waals surface area contributed by atoms with E-state index in [0.29, 0.717) is 5.75 Å². The number of carbonyl (C=O) groups excluding carboxylic acids is 2. The van der Waals surface area contributed by atoms with Crippen molar-refractivity contribution in [3.05, 3.63) is 76.2 Å². The fourth-order valence-electron chi connectivity index (χ4n) is 3.19. The summed E-state index contributed by atoms with van der Waals surface area (Å²) in [6, 6.07) is 13.8. The lowest BCUT2D eigenvalue weighted by molar-refractivity contribution is -0.140. The molecule has 3 aromatic rings. The van der Waals surface area contributed by atoms with Gasteiger partial charge in [0.25, 0.3) is 0 Å². The molecule has 0 spiro atoms. The molecule has 0 aliphatic rings. The minimum atomic E-state index is -4.61. The number of rotatable bonds is 7. The Balaban J connectivity index is 1.89. The molecule has 0 saturated carbocycles. The maximum absolute atomic E-state index is 13.3. The highest BCUT2D eigenvalue weighted by Crippen LogP contribution is 2.36. The highest BCUT2D eigenvalue weighted by atomic mass is 32.1. The number of esters is 2. The zero-order valence-corrected chi connectivity index (χ0v) is 20.5. The van der Waals surface area contributed by atoms with E-state index < -0.39 is 23.3 Å². The van der Waals surface area contributed by atoms with Crippen LogP contribution in [-0.2, 0) is 33.5 Å². The summed E-state index contributed by atoms with van der Waals surface area (Å²) in [5.41, 5.74) is -1.01. The Morgan fingerprint density at radius 3 is 2.34 bits per heavy atom. The number of carbonyl (C=O) groups is 2. The van der Waals surface area contributed by atoms with Crippen molar-refractivity contribution in [2.75, 3.05) is 7.11 Å². The molecule has 0 N–H and O–H groups in total. The van der Waals surface area contributed by atoms with Crippen LogP contribution in [0.2, 0.25) is 0 Å². The van der Waals surface area contributed by atoms with Crippen LogP contribution in [0.25, 0.3) is 10.4 Å². The highest BCUT2D eigenvalue weighted by Gasteiger charge is 2.32. The molecular formula is C26H25F3O5S. The van der Waals surface area contributed by atoms with Crippen LogP contribution in [0.5, 0.6) is 5.75 Å². The standard InChI is InChI=1S/C26H25F3O5S/c1-25(2,3)34-24(31)20-13-17(26(27,28)29)10-9-16(20)15-33-21-8-6-5-7-19(21)22-12-11-18(35-22)14-23(30)32-4/h5-13H,14-15H2,1-4H3. The number of benzene rings is 2. The van der Waals surface area contributed by atoms with Gasteiger partial charge in [-0.25, -0.2) is 4.79 Å². The van der Waals surface area contributed by atoms with Gasteiger partial charge in [-0.15, -0.1) is 11.3 Å². The molecule has 0 amide bonds. The lowest BCUT2D eigenvalue weighted by Gasteiger charge is -2.21. The number of alkyl halides is 3. The molecule has 0 aliphatic heterocycles. The second-order valence-electron chi connectivity index (χ2n) is 8.68. The summed E-state index contributed by atoms with van der Waals surface area (Å²) in [5, 5.41) is 0. The van der Waals surface area contributed by atoms with E-state index in [1.54, 1.807) is 32.9 Å². The first kappa shape index (κ1) is 26.3. The van der Waals surface area contributed by atoms with Crippen LogP contribution in [0.15, 0.2) is 54.6 Å². The van der Waals surface area contributed by atoms with E-state index in [9.17, 15) is 22.8 Å². The van der Waals surface area contributed by atoms with E-state index in [1.165, 1.54) is 24.5 Å². The van der Waals surface area contributed by atoms with E-state index in [1.807, 2.05) is 24.3 Å². The van der Waals surface area contributed by atoms with Crippen LogP contribution >= 0.6 is 11.3 Å². The average Bonchev–Trinajstić information content (AvgIpc) is 3.24. The molecule has 0 saturated heterocycles. The lowest BCUT2D eigenvalue weighted by Crippen LogP contribution is -2.25. The van der Waals surface area contributed by atoms with Gasteiger partial charge in [-0.1, -0.05) is 18.2 Å². The second kappa shape index (κ2) is 10.5. The molecule has 9 heteroatoms. The third-order valence-corrected chi connectivity index (χ3v) is 5.92. The molecule has 0 radical (unpaired) electrons. The first-order valence-electron chi connectivity index (χ1n) is 10.7. The monoisotopic (exact) mass is 506 g/mol. The Morgan fingerprint density at radius 1 is 0.971 bits per heavy atom. The molecule has 0 unspecified atom stereocenters. The van der Waals surface area contributed by atoms with Crippen LogP contribution < -0.4 is 4.74 Å². The van der Waals surface area contributed by atoms with Crippen LogP contribution in [0, 0.1) is 0 Å². The molecule has 1 aromatic heterocycles. The minimum Gasteiger partial charge on any atom is -0.488 e. The molecule has 0 fully saturated rings. The average molecular weight is 507 g/mol. The van der Waals surface area contributed by atoms with Gasteiger partial charge in [0.1, 0.15) is 18.0 Å². The first-order chi connectivity index (χ1) is 16.4. The Morgan fingerprint density at radius 2 is 1.69 bits per heavy atom. The predicted molar refractivity (Wildman–Crippen MR) is 126 cm³/mol. The van der Waals surface area contributed by atoms with E-state index in [4.69, 9.17) is 14.2 Å². The van der Waals surface area contributed by atoms with Crippen LogP contribution in [0.1, 0.15) is 47.1 Å². The molecule has 3 rings (SSSR count). The molecular weight excluding hydrogens is 481 g/mol. The fourth-order valence-corrected chi connectivity index (χ4v) is 4.21. The van der Waals surface area contributed by atoms with Crippen molar-refractivity contribution >= 4 is 23.3 Å². The number of hydrogen-bond donors (Lipinski definition) is 0. The summed E-state index contributed by atoms with van der Waals surface area (Å²) in [5.74, 6) is -0.727. The smallest absolute Gasteiger partial charge is 0.416 e. The number of thiophene rings is 1. The predicted octanol–water partition coefficient (Wildman–Crippen LogP) is 6.68. The Kier molecular flexibility index (Phi) is 7.90. The van der Waals surface area contributed by atoms with Gasteiger partial charge in [0.15, 0.2) is 0 Å². The summed E-state index contributed by atoms with van der Waals surface area (Å²) in [6.07, 6.45) is -4.46. The van der Waals surface area contributed by atoms with Crippen molar-refractivity contribution < 1.29 is 37.0 Å². The van der Waals surface area contributed by atoms with Gasteiger partial charge < -0.3 is 14.2 Å². The van der Waals surface area contributed by atoms with Gasteiger partial charge in [-0.3, -0.25) is 4.79 Å². The quantitative estimate of drug-likeness (QED) is 0.335. The molecule has 0 aliphatic carbocycles. The first-order valence-corrected chi connectivity index (χ1v) is 11.5. The van der Waals surface area contributed by atoms with Crippen molar-refractivity contribution in [1.29, 1.82) is 0 Å². The maximum atomic E-state index is 13.3. The Bertz CT molecular complexity index is 1210. The molecule has 1 heterocycles. The zero-order valence-electron chi connectivity index (χ0n) is 19.7. The van der Waals surface area contributed by atoms with Gasteiger partial charge in [0.05, 0.1) is 24.7 Å². The lowest BCUT2D eigenvalue weighted by atomic mass is 10.0. The second-order valence-corrected chi connectivity index (χ2v) is 9.84. The molecule has 0 bridgehead atoms. The number of ether oxygens (including phenoxy) is 3. The summed E-state index contributed by atoms with van der Waals surface area (Å²) in [6.45, 7) is 4.77.